The van der Waals surface area contributed by atoms with E-state index in [0.717, 1.165) is 0 Å². The standard InChI is InChI=1S/C9H17NS/c1-4-10-7-5-9(2)6-8-11-3/h4-5,7,9H,6,8H2,1-3H3/b7-5-,10-4?. The van der Waals surface area contributed by atoms with Gasteiger partial charge >= 0.3 is 0 Å². The maximum absolute atomic E-state index is 4.01. The first kappa shape index (κ1) is 10.8. The number of thioether (sulfide) groups is 1. The van der Waals surface area contributed by atoms with Crippen molar-refractivity contribution in [3.8, 4) is 0 Å². The van der Waals surface area contributed by atoms with E-state index >= 15 is 0 Å². The summed E-state index contributed by atoms with van der Waals surface area (Å²) in [6.07, 6.45) is 9.22. The molecule has 1 unspecified atom stereocenters. The van der Waals surface area contributed by atoms with Gasteiger partial charge in [0.15, 0.2) is 0 Å². The number of hydrogen-bond donors (Lipinski definition) is 0. The van der Waals surface area contributed by atoms with E-state index in [-0.39, 0.29) is 0 Å². The lowest BCUT2D eigenvalue weighted by Crippen LogP contribution is -1.90. The average molecular weight is 171 g/mol. The van der Waals surface area contributed by atoms with Crippen LogP contribution >= 0.6 is 11.8 Å². The highest BCUT2D eigenvalue weighted by Crippen LogP contribution is 2.07. The molecule has 0 rings (SSSR count). The molecule has 0 aromatic carbocycles. The zero-order valence-electron chi connectivity index (χ0n) is 7.58. The van der Waals surface area contributed by atoms with Crippen molar-refractivity contribution in [2.75, 3.05) is 12.0 Å². The molecular formula is C9H17NS. The molecule has 64 valence electrons. The number of rotatable bonds is 5. The van der Waals surface area contributed by atoms with E-state index < -0.39 is 0 Å². The third-order valence-electron chi connectivity index (χ3n) is 1.43. The Morgan fingerprint density at radius 2 is 2.27 bits per heavy atom. The Labute approximate surface area is 74.0 Å². The van der Waals surface area contributed by atoms with E-state index in [4.69, 9.17) is 0 Å². The van der Waals surface area contributed by atoms with Crippen molar-refractivity contribution in [2.24, 2.45) is 10.9 Å². The molecule has 0 aromatic heterocycles. The summed E-state index contributed by atoms with van der Waals surface area (Å²) in [6.45, 7) is 4.15. The lowest BCUT2D eigenvalue weighted by atomic mass is 10.1. The molecule has 1 nitrogen and oxygen atoms in total. The second-order valence-electron chi connectivity index (χ2n) is 2.51. The molecular weight excluding hydrogens is 154 g/mol. The highest BCUT2D eigenvalue weighted by molar-refractivity contribution is 7.98. The van der Waals surface area contributed by atoms with Crippen molar-refractivity contribution in [3.05, 3.63) is 12.3 Å². The van der Waals surface area contributed by atoms with Crippen LogP contribution in [0.4, 0.5) is 0 Å². The number of nitrogens with zero attached hydrogens (tertiary/aromatic N) is 1. The van der Waals surface area contributed by atoms with Crippen LogP contribution in [0.1, 0.15) is 20.3 Å². The van der Waals surface area contributed by atoms with Gasteiger partial charge in [-0.2, -0.15) is 11.8 Å². The third kappa shape index (κ3) is 7.66. The minimum atomic E-state index is 0.658. The predicted molar refractivity (Wildman–Crippen MR) is 55.5 cm³/mol. The molecule has 0 aliphatic rings. The highest BCUT2D eigenvalue weighted by atomic mass is 32.2. The van der Waals surface area contributed by atoms with Crippen molar-refractivity contribution >= 4 is 18.0 Å². The topological polar surface area (TPSA) is 12.4 Å². The molecule has 0 N–H and O–H groups in total. The summed E-state index contributed by atoms with van der Waals surface area (Å²) < 4.78 is 0. The summed E-state index contributed by atoms with van der Waals surface area (Å²) in [5.41, 5.74) is 0. The van der Waals surface area contributed by atoms with Gasteiger partial charge in [-0.3, -0.25) is 4.99 Å². The Morgan fingerprint density at radius 1 is 1.55 bits per heavy atom. The SMILES string of the molecule is CC=N/C=C\C(C)CCSC. The van der Waals surface area contributed by atoms with Crippen LogP contribution in [0.15, 0.2) is 17.3 Å². The zero-order chi connectivity index (χ0) is 8.53. The molecule has 0 amide bonds. The van der Waals surface area contributed by atoms with E-state index in [1.165, 1.54) is 12.2 Å². The normalized spacial score (nSPS) is 14.8. The summed E-state index contributed by atoms with van der Waals surface area (Å²) in [5.74, 6) is 1.90. The predicted octanol–water partition coefficient (Wildman–Crippen LogP) is 2.98. The van der Waals surface area contributed by atoms with Crippen LogP contribution in [0.25, 0.3) is 0 Å². The summed E-state index contributed by atoms with van der Waals surface area (Å²) >= 11 is 1.90. The molecule has 2 heteroatoms. The van der Waals surface area contributed by atoms with Crippen molar-refractivity contribution < 1.29 is 0 Å². The van der Waals surface area contributed by atoms with Gasteiger partial charge in [-0.15, -0.1) is 0 Å². The maximum Gasteiger partial charge on any atom is 0.0226 e. The van der Waals surface area contributed by atoms with Gasteiger partial charge in [-0.25, -0.2) is 0 Å². The van der Waals surface area contributed by atoms with Gasteiger partial charge in [-0.05, 0) is 31.3 Å². The molecule has 0 radical (unpaired) electrons. The largest absolute Gasteiger partial charge is 0.270 e. The van der Waals surface area contributed by atoms with Crippen LogP contribution in [0.3, 0.4) is 0 Å². The Bertz CT molecular complexity index is 130. The Kier molecular flexibility index (Phi) is 7.69. The van der Waals surface area contributed by atoms with Crippen molar-refractivity contribution in [1.29, 1.82) is 0 Å². The quantitative estimate of drug-likeness (QED) is 0.579. The maximum atomic E-state index is 4.01. The third-order valence-corrected chi connectivity index (χ3v) is 2.07. The van der Waals surface area contributed by atoms with Crippen LogP contribution in [-0.2, 0) is 0 Å². The first-order valence-electron chi connectivity index (χ1n) is 3.94. The van der Waals surface area contributed by atoms with Crippen molar-refractivity contribution in [1.82, 2.24) is 0 Å². The first-order valence-corrected chi connectivity index (χ1v) is 5.34. The van der Waals surface area contributed by atoms with Gasteiger partial charge in [-0.1, -0.05) is 13.0 Å². The number of hydrogen-bond acceptors (Lipinski definition) is 2. The van der Waals surface area contributed by atoms with E-state index in [1.807, 2.05) is 24.9 Å². The fraction of sp³-hybridized carbons (Fsp3) is 0.667. The zero-order valence-corrected chi connectivity index (χ0v) is 8.40. The van der Waals surface area contributed by atoms with Gasteiger partial charge in [0.1, 0.15) is 0 Å². The molecule has 0 aliphatic carbocycles. The minimum Gasteiger partial charge on any atom is -0.270 e. The van der Waals surface area contributed by atoms with E-state index in [9.17, 15) is 0 Å². The number of aliphatic imine (C=N–C) groups is 1. The van der Waals surface area contributed by atoms with Crippen LogP contribution in [0, 0.1) is 5.92 Å². The monoisotopic (exact) mass is 171 g/mol. The average Bonchev–Trinajstić information content (AvgIpc) is 2.01. The second-order valence-corrected chi connectivity index (χ2v) is 3.49. The molecule has 0 aliphatic heterocycles. The molecule has 0 saturated heterocycles. The van der Waals surface area contributed by atoms with Crippen LogP contribution in [-0.4, -0.2) is 18.2 Å². The Balaban J connectivity index is 3.42. The Hall–Kier alpha value is -0.240. The van der Waals surface area contributed by atoms with E-state index in [0.29, 0.717) is 5.92 Å². The molecule has 1 atom stereocenters. The summed E-state index contributed by atoms with van der Waals surface area (Å²) in [5, 5.41) is 0. The minimum absolute atomic E-state index is 0.658. The Morgan fingerprint density at radius 3 is 2.82 bits per heavy atom. The van der Waals surface area contributed by atoms with Gasteiger partial charge in [0, 0.05) is 12.4 Å². The fourth-order valence-electron chi connectivity index (χ4n) is 0.683. The molecule has 0 bridgehead atoms. The van der Waals surface area contributed by atoms with Gasteiger partial charge < -0.3 is 0 Å². The second kappa shape index (κ2) is 7.86. The van der Waals surface area contributed by atoms with Crippen molar-refractivity contribution in [3.63, 3.8) is 0 Å². The molecule has 0 aromatic rings. The van der Waals surface area contributed by atoms with Gasteiger partial charge in [0.2, 0.25) is 0 Å². The lowest BCUT2D eigenvalue weighted by Gasteiger charge is -2.01. The van der Waals surface area contributed by atoms with E-state index in [2.05, 4.69) is 24.2 Å². The van der Waals surface area contributed by atoms with Gasteiger partial charge in [0.05, 0.1) is 0 Å². The molecule has 0 spiro atoms. The summed E-state index contributed by atoms with van der Waals surface area (Å²) in [6, 6.07) is 0. The highest BCUT2D eigenvalue weighted by Gasteiger charge is 1.93. The van der Waals surface area contributed by atoms with Crippen LogP contribution in [0.2, 0.25) is 0 Å². The lowest BCUT2D eigenvalue weighted by molar-refractivity contribution is 0.704. The van der Waals surface area contributed by atoms with E-state index in [1.54, 1.807) is 6.21 Å². The molecule has 0 saturated carbocycles. The molecule has 0 heterocycles. The van der Waals surface area contributed by atoms with Gasteiger partial charge in [0.25, 0.3) is 0 Å². The first-order chi connectivity index (χ1) is 5.31. The molecule has 0 fully saturated rings. The van der Waals surface area contributed by atoms with Crippen molar-refractivity contribution in [2.45, 2.75) is 20.3 Å². The van der Waals surface area contributed by atoms with Crippen LogP contribution < -0.4 is 0 Å². The van der Waals surface area contributed by atoms with Crippen LogP contribution in [0.5, 0.6) is 0 Å². The fourth-order valence-corrected chi connectivity index (χ4v) is 1.29. The smallest absolute Gasteiger partial charge is 0.0226 e. The summed E-state index contributed by atoms with van der Waals surface area (Å²) in [7, 11) is 0. The number of allylic oxidation sites excluding steroid dienone is 1. The molecule has 11 heavy (non-hydrogen) atoms. The summed E-state index contributed by atoms with van der Waals surface area (Å²) in [4.78, 5) is 4.01.